The molecule has 1 fully saturated rings. The van der Waals surface area contributed by atoms with Crippen LogP contribution in [0.5, 0.6) is 0 Å². The second kappa shape index (κ2) is 8.43. The molecule has 1 aliphatic heterocycles. The third-order valence-corrected chi connectivity index (χ3v) is 7.12. The van der Waals surface area contributed by atoms with E-state index in [9.17, 15) is 23.2 Å². The number of aryl methyl sites for hydroxylation is 1. The zero-order valence-electron chi connectivity index (χ0n) is 18.6. The SMILES string of the molecule is CC1CN(c2cc(=O)n(C)c3ccc(C#N)nc23)[C@@H](C)CN1C(C)c1csc(C(F)(F)F)n1. The molecule has 0 amide bonds. The summed E-state index contributed by atoms with van der Waals surface area (Å²) >= 11 is 0.611. The summed E-state index contributed by atoms with van der Waals surface area (Å²) in [5.74, 6) is 0. The summed E-state index contributed by atoms with van der Waals surface area (Å²) in [5, 5.41) is 9.93. The smallest absolute Gasteiger partial charge is 0.364 e. The van der Waals surface area contributed by atoms with E-state index in [0.29, 0.717) is 46.8 Å². The topological polar surface area (TPSA) is 78.0 Å². The van der Waals surface area contributed by atoms with Gasteiger partial charge in [0.15, 0.2) is 5.01 Å². The minimum atomic E-state index is -4.45. The number of nitrogens with zero attached hydrogens (tertiary/aromatic N) is 6. The highest BCUT2D eigenvalue weighted by atomic mass is 32.1. The van der Waals surface area contributed by atoms with Gasteiger partial charge in [-0.05, 0) is 32.9 Å². The summed E-state index contributed by atoms with van der Waals surface area (Å²) in [4.78, 5) is 25.1. The van der Waals surface area contributed by atoms with E-state index in [0.717, 1.165) is 0 Å². The quantitative estimate of drug-likeness (QED) is 0.570. The number of hydrogen-bond acceptors (Lipinski definition) is 7. The molecule has 0 spiro atoms. The number of rotatable bonds is 3. The Morgan fingerprint density at radius 2 is 1.94 bits per heavy atom. The Balaban J connectivity index is 1.66. The molecule has 1 saturated heterocycles. The predicted octanol–water partition coefficient (Wildman–Crippen LogP) is 3.94. The van der Waals surface area contributed by atoms with E-state index in [1.165, 1.54) is 16.0 Å². The number of halogens is 3. The third kappa shape index (κ3) is 4.20. The highest BCUT2D eigenvalue weighted by molar-refractivity contribution is 7.09. The van der Waals surface area contributed by atoms with Crippen LogP contribution < -0.4 is 10.5 Å². The van der Waals surface area contributed by atoms with Crippen LogP contribution in [-0.4, -0.2) is 44.6 Å². The van der Waals surface area contributed by atoms with E-state index in [-0.39, 0.29) is 29.4 Å². The van der Waals surface area contributed by atoms with Gasteiger partial charge in [-0.1, -0.05) is 0 Å². The third-order valence-electron chi connectivity index (χ3n) is 6.22. The van der Waals surface area contributed by atoms with Crippen molar-refractivity contribution in [2.24, 2.45) is 7.05 Å². The van der Waals surface area contributed by atoms with Crippen LogP contribution in [0.1, 0.15) is 43.2 Å². The van der Waals surface area contributed by atoms with Crippen LogP contribution >= 0.6 is 11.3 Å². The molecule has 3 aromatic rings. The van der Waals surface area contributed by atoms with E-state index in [1.807, 2.05) is 26.8 Å². The van der Waals surface area contributed by atoms with E-state index >= 15 is 0 Å². The molecule has 174 valence electrons. The van der Waals surface area contributed by atoms with Crippen molar-refractivity contribution in [2.45, 2.75) is 45.1 Å². The molecular formula is C22H23F3N6OS. The van der Waals surface area contributed by atoms with Crippen LogP contribution in [0.15, 0.2) is 28.4 Å². The fraction of sp³-hybridized carbons (Fsp3) is 0.455. The number of thiazole rings is 1. The molecule has 0 bridgehead atoms. The molecule has 1 aliphatic rings. The number of alkyl halides is 3. The zero-order chi connectivity index (χ0) is 24.1. The fourth-order valence-electron chi connectivity index (χ4n) is 4.40. The molecule has 0 saturated carbocycles. The molecular weight excluding hydrogens is 453 g/mol. The molecule has 0 N–H and O–H groups in total. The molecule has 7 nitrogen and oxygen atoms in total. The number of hydrogen-bond donors (Lipinski definition) is 0. The van der Waals surface area contributed by atoms with Gasteiger partial charge in [-0.25, -0.2) is 9.97 Å². The average molecular weight is 477 g/mol. The summed E-state index contributed by atoms with van der Waals surface area (Å²) in [6, 6.07) is 6.52. The second-order valence-electron chi connectivity index (χ2n) is 8.40. The number of pyridine rings is 2. The maximum absolute atomic E-state index is 13.0. The van der Waals surface area contributed by atoms with Crippen molar-refractivity contribution < 1.29 is 13.2 Å². The lowest BCUT2D eigenvalue weighted by atomic mass is 10.0. The first kappa shape index (κ1) is 23.2. The maximum atomic E-state index is 13.0. The van der Waals surface area contributed by atoms with E-state index in [4.69, 9.17) is 0 Å². The van der Waals surface area contributed by atoms with Crippen molar-refractivity contribution >= 4 is 28.1 Å². The van der Waals surface area contributed by atoms with E-state index in [2.05, 4.69) is 19.8 Å². The number of fused-ring (bicyclic) bond motifs is 1. The van der Waals surface area contributed by atoms with Gasteiger partial charge in [-0.15, -0.1) is 11.3 Å². The van der Waals surface area contributed by atoms with Crippen LogP contribution in [0.2, 0.25) is 0 Å². The van der Waals surface area contributed by atoms with Gasteiger partial charge in [0.05, 0.1) is 22.9 Å². The molecule has 0 aromatic carbocycles. The first-order valence-electron chi connectivity index (χ1n) is 10.5. The Morgan fingerprint density at radius 1 is 1.21 bits per heavy atom. The number of piperazine rings is 1. The van der Waals surface area contributed by atoms with Gasteiger partial charge in [0.25, 0.3) is 5.56 Å². The second-order valence-corrected chi connectivity index (χ2v) is 9.26. The van der Waals surface area contributed by atoms with Crippen LogP contribution in [0.25, 0.3) is 11.0 Å². The molecule has 4 heterocycles. The Morgan fingerprint density at radius 3 is 2.58 bits per heavy atom. The number of nitriles is 1. The highest BCUT2D eigenvalue weighted by Crippen LogP contribution is 2.36. The normalized spacial score (nSPS) is 20.7. The van der Waals surface area contributed by atoms with Crippen LogP contribution in [0, 0.1) is 11.3 Å². The monoisotopic (exact) mass is 476 g/mol. The van der Waals surface area contributed by atoms with Crippen molar-refractivity contribution in [3.05, 3.63) is 50.3 Å². The Bertz CT molecular complexity index is 1290. The Hall–Kier alpha value is -2.97. The molecule has 2 unspecified atom stereocenters. The standard InChI is InChI=1S/C22H23F3N6OS/c1-12-10-31(18-7-19(32)29(4)17-6-5-15(8-26)27-20(17)18)13(2)9-30(12)14(3)16-11-33-21(28-16)22(23,24)25/h5-7,11-14H,9-10H2,1-4H3/t12?,13-,14?/m0/s1. The lowest BCUT2D eigenvalue weighted by Crippen LogP contribution is -2.57. The van der Waals surface area contributed by atoms with Gasteiger partial charge >= 0.3 is 6.18 Å². The Kier molecular flexibility index (Phi) is 5.92. The summed E-state index contributed by atoms with van der Waals surface area (Å²) in [7, 11) is 1.66. The highest BCUT2D eigenvalue weighted by Gasteiger charge is 2.38. The van der Waals surface area contributed by atoms with Crippen LogP contribution in [0.3, 0.4) is 0 Å². The molecule has 3 aromatic heterocycles. The van der Waals surface area contributed by atoms with Crippen molar-refractivity contribution in [3.63, 3.8) is 0 Å². The van der Waals surface area contributed by atoms with Gasteiger partial charge in [-0.2, -0.15) is 18.4 Å². The van der Waals surface area contributed by atoms with Crippen LogP contribution in [-0.2, 0) is 13.2 Å². The lowest BCUT2D eigenvalue weighted by Gasteiger charge is -2.47. The summed E-state index contributed by atoms with van der Waals surface area (Å²) < 4.78 is 40.5. The summed E-state index contributed by atoms with van der Waals surface area (Å²) in [6.07, 6.45) is -4.45. The number of anilines is 1. The molecule has 4 rings (SSSR count). The molecule has 3 atom stereocenters. The molecule has 11 heteroatoms. The fourth-order valence-corrected chi connectivity index (χ4v) is 5.17. The van der Waals surface area contributed by atoms with Crippen molar-refractivity contribution in [3.8, 4) is 6.07 Å². The van der Waals surface area contributed by atoms with Crippen molar-refractivity contribution in [2.75, 3.05) is 18.0 Å². The first-order chi connectivity index (χ1) is 15.5. The van der Waals surface area contributed by atoms with Crippen molar-refractivity contribution in [1.82, 2.24) is 19.4 Å². The Labute approximate surface area is 192 Å². The minimum absolute atomic E-state index is 0.0227. The van der Waals surface area contributed by atoms with Gasteiger partial charge in [0.2, 0.25) is 0 Å². The number of aromatic nitrogens is 3. The van der Waals surface area contributed by atoms with Crippen LogP contribution in [0.4, 0.5) is 18.9 Å². The minimum Gasteiger partial charge on any atom is -0.364 e. The summed E-state index contributed by atoms with van der Waals surface area (Å²) in [5.41, 5.74) is 2.35. The molecule has 33 heavy (non-hydrogen) atoms. The maximum Gasteiger partial charge on any atom is 0.443 e. The first-order valence-corrected chi connectivity index (χ1v) is 11.3. The van der Waals surface area contributed by atoms with Crippen molar-refractivity contribution in [1.29, 1.82) is 5.26 Å². The lowest BCUT2D eigenvalue weighted by molar-refractivity contribution is -0.137. The van der Waals surface area contributed by atoms with Gasteiger partial charge in [0, 0.05) is 43.7 Å². The molecule has 0 aliphatic carbocycles. The van der Waals surface area contributed by atoms with Gasteiger partial charge in [-0.3, -0.25) is 9.69 Å². The summed E-state index contributed by atoms with van der Waals surface area (Å²) in [6.45, 7) is 6.98. The average Bonchev–Trinajstić information content (AvgIpc) is 3.28. The van der Waals surface area contributed by atoms with E-state index < -0.39 is 11.2 Å². The zero-order valence-corrected chi connectivity index (χ0v) is 19.4. The van der Waals surface area contributed by atoms with Gasteiger partial charge in [0.1, 0.15) is 17.3 Å². The van der Waals surface area contributed by atoms with Gasteiger partial charge < -0.3 is 9.47 Å². The largest absolute Gasteiger partial charge is 0.443 e. The molecule has 0 radical (unpaired) electrons. The predicted molar refractivity (Wildman–Crippen MR) is 120 cm³/mol. The van der Waals surface area contributed by atoms with E-state index in [1.54, 1.807) is 19.2 Å².